The molecule has 6 heteroatoms. The van der Waals surface area contributed by atoms with Gasteiger partial charge in [-0.05, 0) is 35.9 Å². The van der Waals surface area contributed by atoms with Crippen LogP contribution in [0.3, 0.4) is 0 Å². The summed E-state index contributed by atoms with van der Waals surface area (Å²) in [7, 11) is 0. The van der Waals surface area contributed by atoms with E-state index >= 15 is 0 Å². The van der Waals surface area contributed by atoms with Crippen LogP contribution in [0.25, 0.3) is 0 Å². The van der Waals surface area contributed by atoms with Crippen molar-refractivity contribution in [2.45, 2.75) is 6.54 Å². The Balaban J connectivity index is 2.22. The first-order valence-electron chi connectivity index (χ1n) is 7.01. The highest BCUT2D eigenvalue weighted by Crippen LogP contribution is 2.21. The number of ether oxygens (including phenoxy) is 1. The molecule has 0 aliphatic rings. The van der Waals surface area contributed by atoms with E-state index in [1.165, 1.54) is 0 Å². The molecule has 0 radical (unpaired) electrons. The van der Waals surface area contributed by atoms with Gasteiger partial charge in [0.25, 0.3) is 0 Å². The number of hydrogen-bond donors (Lipinski definition) is 1. The Morgan fingerprint density at radius 2 is 2.00 bits per heavy atom. The maximum Gasteiger partial charge on any atom is 0.404 e. The van der Waals surface area contributed by atoms with Gasteiger partial charge in [-0.2, -0.15) is 5.26 Å². The van der Waals surface area contributed by atoms with Crippen LogP contribution >= 0.6 is 11.6 Å². The second-order valence-corrected chi connectivity index (χ2v) is 5.27. The van der Waals surface area contributed by atoms with Crippen molar-refractivity contribution in [1.82, 2.24) is 0 Å². The molecule has 0 spiro atoms. The summed E-state index contributed by atoms with van der Waals surface area (Å²) < 4.78 is 4.82. The van der Waals surface area contributed by atoms with Crippen LogP contribution in [0.4, 0.5) is 10.5 Å². The third kappa shape index (κ3) is 4.90. The minimum atomic E-state index is -0.807. The summed E-state index contributed by atoms with van der Waals surface area (Å²) in [5.74, 6) is 0. The summed E-state index contributed by atoms with van der Waals surface area (Å²) in [6, 6.07) is 17.0. The number of carbonyl (C=O) groups excluding carboxylic acids is 1. The molecule has 23 heavy (non-hydrogen) atoms. The van der Waals surface area contributed by atoms with E-state index in [1.54, 1.807) is 18.2 Å². The molecular formula is C17H16ClN3O2. The van der Waals surface area contributed by atoms with Gasteiger partial charge in [-0.1, -0.05) is 29.8 Å². The van der Waals surface area contributed by atoms with Crippen LogP contribution < -0.4 is 10.6 Å². The fraction of sp³-hybridized carbons (Fsp3) is 0.176. The van der Waals surface area contributed by atoms with E-state index < -0.39 is 6.09 Å². The zero-order chi connectivity index (χ0) is 16.7. The van der Waals surface area contributed by atoms with Crippen LogP contribution in [0.15, 0.2) is 48.5 Å². The first kappa shape index (κ1) is 16.7. The molecule has 118 valence electrons. The molecule has 0 bridgehead atoms. The number of benzene rings is 2. The van der Waals surface area contributed by atoms with E-state index in [-0.39, 0.29) is 6.61 Å². The topological polar surface area (TPSA) is 79.3 Å². The minimum absolute atomic E-state index is 0.159. The molecule has 2 aromatic rings. The Bertz CT molecular complexity index is 714. The molecule has 0 heterocycles. The van der Waals surface area contributed by atoms with E-state index in [0.29, 0.717) is 23.7 Å². The lowest BCUT2D eigenvalue weighted by atomic mass is 10.1. The van der Waals surface area contributed by atoms with Gasteiger partial charge in [0.05, 0.1) is 18.2 Å². The summed E-state index contributed by atoms with van der Waals surface area (Å²) in [6.45, 7) is 1.08. The Hall–Kier alpha value is -2.71. The predicted octanol–water partition coefficient (Wildman–Crippen LogP) is 3.31. The predicted molar refractivity (Wildman–Crippen MR) is 89.2 cm³/mol. The smallest absolute Gasteiger partial charge is 0.404 e. The Morgan fingerprint density at radius 1 is 1.26 bits per heavy atom. The molecule has 0 fully saturated rings. The summed E-state index contributed by atoms with van der Waals surface area (Å²) >= 11 is 6.04. The minimum Gasteiger partial charge on any atom is -0.448 e. The average molecular weight is 330 g/mol. The van der Waals surface area contributed by atoms with E-state index in [0.717, 1.165) is 11.3 Å². The van der Waals surface area contributed by atoms with Crippen LogP contribution in [0.2, 0.25) is 5.02 Å². The molecule has 5 nitrogen and oxygen atoms in total. The fourth-order valence-electron chi connectivity index (χ4n) is 2.20. The lowest BCUT2D eigenvalue weighted by Crippen LogP contribution is -2.29. The van der Waals surface area contributed by atoms with Crippen molar-refractivity contribution in [1.29, 1.82) is 5.26 Å². The van der Waals surface area contributed by atoms with Gasteiger partial charge in [0.15, 0.2) is 0 Å². The molecule has 2 aromatic carbocycles. The maximum absolute atomic E-state index is 10.7. The molecule has 0 unspecified atom stereocenters. The third-order valence-corrected chi connectivity index (χ3v) is 3.51. The van der Waals surface area contributed by atoms with Crippen molar-refractivity contribution < 1.29 is 9.53 Å². The van der Waals surface area contributed by atoms with Crippen molar-refractivity contribution in [3.63, 3.8) is 0 Å². The molecule has 1 amide bonds. The van der Waals surface area contributed by atoms with Gasteiger partial charge in [0.2, 0.25) is 0 Å². The fourth-order valence-corrected chi connectivity index (χ4v) is 2.40. The second-order valence-electron chi connectivity index (χ2n) is 4.84. The summed E-state index contributed by atoms with van der Waals surface area (Å²) in [6.07, 6.45) is -0.807. The van der Waals surface area contributed by atoms with Crippen molar-refractivity contribution in [2.75, 3.05) is 18.1 Å². The van der Waals surface area contributed by atoms with E-state index in [9.17, 15) is 10.1 Å². The van der Waals surface area contributed by atoms with Gasteiger partial charge in [0, 0.05) is 17.3 Å². The largest absolute Gasteiger partial charge is 0.448 e. The maximum atomic E-state index is 10.7. The highest BCUT2D eigenvalue weighted by molar-refractivity contribution is 6.30. The van der Waals surface area contributed by atoms with Gasteiger partial charge in [-0.3, -0.25) is 0 Å². The van der Waals surface area contributed by atoms with Crippen molar-refractivity contribution in [2.24, 2.45) is 5.73 Å². The third-order valence-electron chi connectivity index (χ3n) is 3.28. The quantitative estimate of drug-likeness (QED) is 0.881. The Morgan fingerprint density at radius 3 is 2.65 bits per heavy atom. The van der Waals surface area contributed by atoms with Crippen LogP contribution in [-0.2, 0) is 11.3 Å². The molecule has 2 rings (SSSR count). The van der Waals surface area contributed by atoms with Crippen LogP contribution in [-0.4, -0.2) is 19.2 Å². The van der Waals surface area contributed by atoms with Gasteiger partial charge in [-0.25, -0.2) is 4.79 Å². The van der Waals surface area contributed by atoms with Gasteiger partial charge >= 0.3 is 6.09 Å². The number of nitrogens with zero attached hydrogens (tertiary/aromatic N) is 2. The lowest BCUT2D eigenvalue weighted by molar-refractivity contribution is 0.159. The first-order chi connectivity index (χ1) is 11.1. The molecule has 0 saturated heterocycles. The number of nitrogens with two attached hydrogens (primary N) is 1. The van der Waals surface area contributed by atoms with Crippen LogP contribution in [0.1, 0.15) is 11.1 Å². The van der Waals surface area contributed by atoms with E-state index in [2.05, 4.69) is 6.07 Å². The Labute approximate surface area is 139 Å². The second kappa shape index (κ2) is 8.06. The number of primary amides is 1. The van der Waals surface area contributed by atoms with Crippen LogP contribution in [0.5, 0.6) is 0 Å². The molecule has 0 aliphatic heterocycles. The molecular weight excluding hydrogens is 314 g/mol. The van der Waals surface area contributed by atoms with Crippen LogP contribution in [0, 0.1) is 11.3 Å². The zero-order valence-electron chi connectivity index (χ0n) is 12.4. The van der Waals surface area contributed by atoms with Crippen molar-refractivity contribution >= 4 is 23.4 Å². The molecule has 2 N–H and O–H groups in total. The number of anilines is 1. The monoisotopic (exact) mass is 329 g/mol. The van der Waals surface area contributed by atoms with Gasteiger partial charge < -0.3 is 15.4 Å². The molecule has 0 aromatic heterocycles. The lowest BCUT2D eigenvalue weighted by Gasteiger charge is -2.25. The van der Waals surface area contributed by atoms with E-state index in [4.69, 9.17) is 22.1 Å². The SMILES string of the molecule is N#Cc1ccc(Cl)cc1CN(CCOC(N)=O)c1ccccc1. The number of hydrogen-bond acceptors (Lipinski definition) is 4. The summed E-state index contributed by atoms with van der Waals surface area (Å²) in [4.78, 5) is 12.7. The van der Waals surface area contributed by atoms with Gasteiger partial charge in [0.1, 0.15) is 6.61 Å². The summed E-state index contributed by atoms with van der Waals surface area (Å²) in [5.41, 5.74) is 7.31. The van der Waals surface area contributed by atoms with Crippen molar-refractivity contribution in [3.05, 3.63) is 64.7 Å². The standard InChI is InChI=1S/C17H16ClN3O2/c18-15-7-6-13(11-19)14(10-15)12-21(8-9-23-17(20)22)16-4-2-1-3-5-16/h1-7,10H,8-9,12H2,(H2,20,22). The normalized spacial score (nSPS) is 9.91. The molecule has 0 aliphatic carbocycles. The number of para-hydroxylation sites is 1. The number of amides is 1. The highest BCUT2D eigenvalue weighted by atomic mass is 35.5. The number of carbonyl (C=O) groups is 1. The number of rotatable bonds is 6. The number of nitriles is 1. The zero-order valence-corrected chi connectivity index (χ0v) is 13.2. The number of halogens is 1. The van der Waals surface area contributed by atoms with Gasteiger partial charge in [-0.15, -0.1) is 0 Å². The Kier molecular flexibility index (Phi) is 5.84. The average Bonchev–Trinajstić information content (AvgIpc) is 2.54. The first-order valence-corrected chi connectivity index (χ1v) is 7.38. The molecule has 0 saturated carbocycles. The van der Waals surface area contributed by atoms with Crippen molar-refractivity contribution in [3.8, 4) is 6.07 Å². The highest BCUT2D eigenvalue weighted by Gasteiger charge is 2.11. The van der Waals surface area contributed by atoms with E-state index in [1.807, 2.05) is 35.2 Å². The molecule has 0 atom stereocenters. The summed E-state index contributed by atoms with van der Waals surface area (Å²) in [5, 5.41) is 9.81.